The number of carbonyl (C=O) groups is 1. The molecule has 0 heterocycles. The lowest BCUT2D eigenvalue weighted by Crippen LogP contribution is -2.51. The first kappa shape index (κ1) is 20.3. The van der Waals surface area contributed by atoms with Crippen LogP contribution in [-0.2, 0) is 4.79 Å². The van der Waals surface area contributed by atoms with E-state index in [0.717, 1.165) is 0 Å². The molecule has 0 aromatic rings. The first-order chi connectivity index (χ1) is 8.92. The number of carboxylic acid groups (broad SMARTS) is 1. The molecule has 6 heteroatoms. The van der Waals surface area contributed by atoms with Gasteiger partial charge in [-0.2, -0.15) is 0 Å². The number of hydrogen-bond acceptors (Lipinski definition) is 2. The fourth-order valence-corrected chi connectivity index (χ4v) is 10.9. The highest BCUT2D eigenvalue weighted by Gasteiger charge is 2.52. The molecule has 0 radical (unpaired) electrons. The van der Waals surface area contributed by atoms with Crippen LogP contribution in [0, 0.1) is 0 Å². The second-order valence-corrected chi connectivity index (χ2v) is 18.8. The van der Waals surface area contributed by atoms with Crippen molar-refractivity contribution >= 4 is 22.1 Å². The number of carboxylic acids is 1. The van der Waals surface area contributed by atoms with Gasteiger partial charge in [0.25, 0.3) is 0 Å². The van der Waals surface area contributed by atoms with Gasteiger partial charge < -0.3 is 16.3 Å². The largest absolute Gasteiger partial charge is 0.480 e. The molecule has 3 atom stereocenters. The Morgan fingerprint density at radius 3 is 2.14 bits per heavy atom. The summed E-state index contributed by atoms with van der Waals surface area (Å²) in [5.41, 5.74) is 6.37. The first-order valence-electron chi connectivity index (χ1n) is 7.26. The minimum absolute atomic E-state index is 0. The molecule has 0 aromatic carbocycles. The Hall–Kier alpha value is -0.696. The van der Waals surface area contributed by atoms with E-state index < -0.39 is 28.2 Å². The Bertz CT molecular complexity index is 435. The molecule has 1 aliphatic carbocycles. The van der Waals surface area contributed by atoms with Gasteiger partial charge in [-0.3, -0.25) is 4.79 Å². The van der Waals surface area contributed by atoms with Crippen LogP contribution >= 0.6 is 0 Å². The van der Waals surface area contributed by atoms with Crippen molar-refractivity contribution in [3.63, 3.8) is 0 Å². The highest BCUT2D eigenvalue weighted by Crippen LogP contribution is 2.59. The van der Waals surface area contributed by atoms with Gasteiger partial charge in [0.1, 0.15) is 6.04 Å². The molecule has 21 heavy (non-hydrogen) atoms. The number of hydrogen-bond donors (Lipinski definition) is 2. The van der Waals surface area contributed by atoms with Crippen molar-refractivity contribution < 1.29 is 15.4 Å². The maximum absolute atomic E-state index is 11.3. The quantitative estimate of drug-likeness (QED) is 0.759. The fourth-order valence-electron chi connectivity index (χ4n) is 3.41. The van der Waals surface area contributed by atoms with E-state index in [2.05, 4.69) is 63.6 Å². The molecule has 122 valence electrons. The molecular formula is C15H31NO3Si2. The minimum atomic E-state index is -1.63. The second-order valence-electron chi connectivity index (χ2n) is 8.03. The Kier molecular flexibility index (Phi) is 6.38. The van der Waals surface area contributed by atoms with Crippen LogP contribution in [0.1, 0.15) is 6.42 Å². The van der Waals surface area contributed by atoms with Gasteiger partial charge in [0.05, 0.1) is 16.1 Å². The molecule has 0 aromatic heterocycles. The van der Waals surface area contributed by atoms with Crippen LogP contribution in [0.15, 0.2) is 24.3 Å². The predicted molar refractivity (Wildman–Crippen MR) is 95.3 cm³/mol. The summed E-state index contributed by atoms with van der Waals surface area (Å²) in [6.07, 6.45) is 9.33. The average Bonchev–Trinajstić information content (AvgIpc) is 2.26. The lowest BCUT2D eigenvalue weighted by atomic mass is 9.91. The molecule has 1 aliphatic rings. The molecule has 5 N–H and O–H groups in total. The lowest BCUT2D eigenvalue weighted by molar-refractivity contribution is -0.138. The van der Waals surface area contributed by atoms with Gasteiger partial charge >= 0.3 is 5.97 Å². The van der Waals surface area contributed by atoms with Crippen LogP contribution in [-0.4, -0.2) is 38.7 Å². The van der Waals surface area contributed by atoms with Crippen LogP contribution in [0.4, 0.5) is 0 Å². The monoisotopic (exact) mass is 329 g/mol. The minimum Gasteiger partial charge on any atom is -0.480 e. The molecule has 0 spiro atoms. The van der Waals surface area contributed by atoms with Gasteiger partial charge in [-0.15, -0.1) is 0 Å². The zero-order chi connectivity index (χ0) is 15.8. The molecule has 2 unspecified atom stereocenters. The molecule has 0 saturated heterocycles. The molecule has 1 rings (SSSR count). The van der Waals surface area contributed by atoms with Crippen molar-refractivity contribution in [2.45, 2.75) is 62.3 Å². The van der Waals surface area contributed by atoms with Crippen molar-refractivity contribution in [3.05, 3.63) is 24.3 Å². The smallest absolute Gasteiger partial charge is 0.320 e. The van der Waals surface area contributed by atoms with Crippen LogP contribution in [0.2, 0.25) is 49.9 Å². The standard InChI is InChI=1S/C15H29NO2Si2.H2O/c1-19(2,3)13-9-7-8-10-15(13,20(4,5)6)11-12(16)14(17)18;/h7-10,12-13H,11,16H2,1-6H3,(H,17,18);1H2/t12-,13?,15?;/m0./s1. The topological polar surface area (TPSA) is 94.8 Å². The van der Waals surface area contributed by atoms with E-state index in [1.165, 1.54) is 0 Å². The zero-order valence-corrected chi connectivity index (χ0v) is 16.1. The Morgan fingerprint density at radius 1 is 1.24 bits per heavy atom. The van der Waals surface area contributed by atoms with Crippen molar-refractivity contribution in [2.24, 2.45) is 5.73 Å². The molecule has 0 saturated carbocycles. The third kappa shape index (κ3) is 4.15. The maximum Gasteiger partial charge on any atom is 0.320 e. The number of allylic oxidation sites excluding steroid dienone is 4. The van der Waals surface area contributed by atoms with Gasteiger partial charge in [0, 0.05) is 0 Å². The van der Waals surface area contributed by atoms with E-state index in [1.54, 1.807) is 0 Å². The van der Waals surface area contributed by atoms with Crippen LogP contribution in [0.5, 0.6) is 0 Å². The SMILES string of the molecule is C[Si](C)(C)C1C=CC=CC1(C[C@H](N)C(=O)O)[Si](C)(C)C.O. The first-order valence-corrected chi connectivity index (χ1v) is 14.3. The van der Waals surface area contributed by atoms with E-state index in [4.69, 9.17) is 5.73 Å². The number of nitrogens with two attached hydrogens (primary N) is 1. The summed E-state index contributed by atoms with van der Waals surface area (Å²) in [6.45, 7) is 14.1. The lowest BCUT2D eigenvalue weighted by Gasteiger charge is -2.52. The highest BCUT2D eigenvalue weighted by atomic mass is 28.3. The van der Waals surface area contributed by atoms with Gasteiger partial charge in [-0.25, -0.2) is 0 Å². The van der Waals surface area contributed by atoms with Gasteiger partial charge in [-0.05, 0) is 17.0 Å². The van der Waals surface area contributed by atoms with E-state index in [-0.39, 0.29) is 10.5 Å². The van der Waals surface area contributed by atoms with Crippen molar-refractivity contribution in [1.82, 2.24) is 0 Å². The molecule has 0 bridgehead atoms. The van der Waals surface area contributed by atoms with Crippen molar-refractivity contribution in [3.8, 4) is 0 Å². The Morgan fingerprint density at radius 2 is 1.76 bits per heavy atom. The Balaban J connectivity index is 0.00000400. The van der Waals surface area contributed by atoms with E-state index in [0.29, 0.717) is 12.0 Å². The van der Waals surface area contributed by atoms with E-state index >= 15 is 0 Å². The van der Waals surface area contributed by atoms with E-state index in [9.17, 15) is 9.90 Å². The van der Waals surface area contributed by atoms with Crippen LogP contribution < -0.4 is 5.73 Å². The molecular weight excluding hydrogens is 298 g/mol. The summed E-state index contributed by atoms with van der Waals surface area (Å²) in [5.74, 6) is -0.889. The van der Waals surface area contributed by atoms with Crippen molar-refractivity contribution in [1.29, 1.82) is 0 Å². The highest BCUT2D eigenvalue weighted by molar-refractivity contribution is 6.85. The maximum atomic E-state index is 11.3. The summed E-state index contributed by atoms with van der Waals surface area (Å²) >= 11 is 0. The molecule has 0 aliphatic heterocycles. The van der Waals surface area contributed by atoms with Crippen molar-refractivity contribution in [2.75, 3.05) is 0 Å². The number of rotatable bonds is 5. The average molecular weight is 330 g/mol. The van der Waals surface area contributed by atoms with Crippen LogP contribution in [0.3, 0.4) is 0 Å². The third-order valence-corrected chi connectivity index (χ3v) is 10.9. The summed E-state index contributed by atoms with van der Waals surface area (Å²) in [6, 6.07) is -0.781. The van der Waals surface area contributed by atoms with Gasteiger partial charge in [0.2, 0.25) is 0 Å². The number of aliphatic carboxylic acids is 1. The normalized spacial score (nSPS) is 27.1. The fraction of sp³-hybridized carbons (Fsp3) is 0.667. The third-order valence-electron chi connectivity index (χ3n) is 4.57. The summed E-state index contributed by atoms with van der Waals surface area (Å²) in [4.78, 5) is 11.3. The zero-order valence-electron chi connectivity index (χ0n) is 14.1. The second kappa shape index (κ2) is 6.60. The molecule has 4 nitrogen and oxygen atoms in total. The predicted octanol–water partition coefficient (Wildman–Crippen LogP) is 2.88. The Labute approximate surface area is 130 Å². The summed E-state index contributed by atoms with van der Waals surface area (Å²) < 4.78 is 0. The van der Waals surface area contributed by atoms with Crippen LogP contribution in [0.25, 0.3) is 0 Å². The van der Waals surface area contributed by atoms with E-state index in [1.807, 2.05) is 0 Å². The summed E-state index contributed by atoms with van der Waals surface area (Å²) in [5, 5.41) is 9.19. The summed E-state index contributed by atoms with van der Waals surface area (Å²) in [7, 11) is -3.09. The molecule has 0 amide bonds. The van der Waals surface area contributed by atoms with Gasteiger partial charge in [-0.1, -0.05) is 63.6 Å². The molecule has 0 fully saturated rings. The van der Waals surface area contributed by atoms with Gasteiger partial charge in [0.15, 0.2) is 0 Å².